The minimum atomic E-state index is -0.298. The summed E-state index contributed by atoms with van der Waals surface area (Å²) in [6, 6.07) is 5.01. The molecule has 7 heteroatoms. The molecule has 19 heavy (non-hydrogen) atoms. The van der Waals surface area contributed by atoms with Crippen LogP contribution in [-0.4, -0.2) is 15.9 Å². The number of nitrogens with one attached hydrogen (secondary N) is 2. The van der Waals surface area contributed by atoms with Crippen molar-refractivity contribution in [3.63, 3.8) is 0 Å². The molecule has 0 atom stereocenters. The summed E-state index contributed by atoms with van der Waals surface area (Å²) < 4.78 is 0. The predicted octanol–water partition coefficient (Wildman–Crippen LogP) is 1.95. The van der Waals surface area contributed by atoms with E-state index in [1.807, 2.05) is 13.8 Å². The van der Waals surface area contributed by atoms with Crippen molar-refractivity contribution in [2.24, 2.45) is 5.84 Å². The lowest BCUT2D eigenvalue weighted by Crippen LogP contribution is -2.16. The molecular weight excluding hydrogens is 262 g/mol. The highest BCUT2D eigenvalue weighted by atomic mass is 32.1. The van der Waals surface area contributed by atoms with E-state index in [-0.39, 0.29) is 5.91 Å². The normalized spacial score (nSPS) is 10.3. The Morgan fingerprint density at radius 1 is 1.42 bits per heavy atom. The van der Waals surface area contributed by atoms with Crippen LogP contribution in [0, 0.1) is 6.92 Å². The first-order valence-electron chi connectivity index (χ1n) is 5.85. The number of hydrogen-bond donors (Lipinski definition) is 3. The zero-order valence-electron chi connectivity index (χ0n) is 10.7. The maximum Gasteiger partial charge on any atom is 0.276 e. The number of amides is 1. The summed E-state index contributed by atoms with van der Waals surface area (Å²) in [4.78, 5) is 21.5. The smallest absolute Gasteiger partial charge is 0.276 e. The van der Waals surface area contributed by atoms with Crippen LogP contribution in [0.15, 0.2) is 18.2 Å². The van der Waals surface area contributed by atoms with Crippen LogP contribution in [0.5, 0.6) is 0 Å². The fraction of sp³-hybridized carbons (Fsp3) is 0.250. The van der Waals surface area contributed by atoms with Gasteiger partial charge in [-0.05, 0) is 25.5 Å². The molecule has 2 aromatic heterocycles. The number of hydrogen-bond acceptors (Lipinski definition) is 6. The number of anilines is 2. The first-order chi connectivity index (χ1) is 9.13. The Bertz CT molecular complexity index is 596. The Morgan fingerprint density at radius 2 is 2.21 bits per heavy atom. The summed E-state index contributed by atoms with van der Waals surface area (Å²) in [5, 5.41) is 3.33. The van der Waals surface area contributed by atoms with E-state index in [0.717, 1.165) is 17.0 Å². The van der Waals surface area contributed by atoms with Gasteiger partial charge in [0.2, 0.25) is 0 Å². The van der Waals surface area contributed by atoms with E-state index in [9.17, 15) is 4.79 Å². The predicted molar refractivity (Wildman–Crippen MR) is 76.2 cm³/mol. The van der Waals surface area contributed by atoms with Crippen LogP contribution in [0.25, 0.3) is 0 Å². The van der Waals surface area contributed by atoms with Crippen molar-refractivity contribution in [3.8, 4) is 0 Å². The molecule has 0 aromatic carbocycles. The van der Waals surface area contributed by atoms with Gasteiger partial charge in [0.1, 0.15) is 11.5 Å². The summed E-state index contributed by atoms with van der Waals surface area (Å²) >= 11 is 1.46. The molecule has 0 aliphatic heterocycles. The van der Waals surface area contributed by atoms with Crippen LogP contribution in [0.3, 0.4) is 0 Å². The van der Waals surface area contributed by atoms with Gasteiger partial charge in [0.15, 0.2) is 5.13 Å². The van der Waals surface area contributed by atoms with Crippen molar-refractivity contribution in [2.75, 3.05) is 10.7 Å². The standard InChI is InChI=1S/C12H15N5OS/c1-3-8-7(2)19-12(15-8)16-11(18)9-5-4-6-10(14-9)17-13/h4-6H,3,13H2,1-2H3,(H,14,17)(H,15,16,18). The second kappa shape index (κ2) is 5.77. The molecule has 0 bridgehead atoms. The molecule has 2 heterocycles. The molecule has 4 N–H and O–H groups in total. The summed E-state index contributed by atoms with van der Waals surface area (Å²) in [7, 11) is 0. The van der Waals surface area contributed by atoms with Crippen molar-refractivity contribution in [2.45, 2.75) is 20.3 Å². The van der Waals surface area contributed by atoms with Crippen LogP contribution in [0.2, 0.25) is 0 Å². The number of rotatable bonds is 4. The lowest BCUT2D eigenvalue weighted by molar-refractivity contribution is 0.102. The van der Waals surface area contributed by atoms with Gasteiger partial charge >= 0.3 is 0 Å². The third kappa shape index (κ3) is 3.07. The fourth-order valence-electron chi connectivity index (χ4n) is 1.61. The largest absolute Gasteiger partial charge is 0.308 e. The van der Waals surface area contributed by atoms with E-state index >= 15 is 0 Å². The zero-order chi connectivity index (χ0) is 13.8. The fourth-order valence-corrected chi connectivity index (χ4v) is 2.51. The lowest BCUT2D eigenvalue weighted by Gasteiger charge is -2.03. The molecule has 100 valence electrons. The molecular formula is C12H15N5OS. The number of nitrogens with two attached hydrogens (primary N) is 1. The second-order valence-corrected chi connectivity index (χ2v) is 5.09. The van der Waals surface area contributed by atoms with Crippen LogP contribution in [0.1, 0.15) is 28.0 Å². The van der Waals surface area contributed by atoms with Crippen molar-refractivity contribution in [3.05, 3.63) is 34.5 Å². The Hall–Kier alpha value is -1.99. The first-order valence-corrected chi connectivity index (χ1v) is 6.67. The molecule has 0 fully saturated rings. The average Bonchev–Trinajstić information content (AvgIpc) is 2.78. The molecule has 1 amide bonds. The molecule has 0 aliphatic rings. The number of pyridine rings is 1. The Morgan fingerprint density at radius 3 is 2.84 bits per heavy atom. The zero-order valence-corrected chi connectivity index (χ0v) is 11.5. The molecule has 0 saturated heterocycles. The van der Waals surface area contributed by atoms with Gasteiger partial charge < -0.3 is 5.43 Å². The molecule has 0 spiro atoms. The minimum Gasteiger partial charge on any atom is -0.308 e. The van der Waals surface area contributed by atoms with E-state index in [2.05, 4.69) is 20.7 Å². The van der Waals surface area contributed by atoms with Crippen LogP contribution >= 0.6 is 11.3 Å². The lowest BCUT2D eigenvalue weighted by atomic mass is 10.3. The van der Waals surface area contributed by atoms with E-state index in [4.69, 9.17) is 5.84 Å². The number of hydrazine groups is 1. The second-order valence-electron chi connectivity index (χ2n) is 3.88. The third-order valence-electron chi connectivity index (χ3n) is 2.58. The number of nitrogens with zero attached hydrogens (tertiary/aromatic N) is 2. The number of aryl methyl sites for hydroxylation is 2. The van der Waals surface area contributed by atoms with Crippen LogP contribution in [-0.2, 0) is 6.42 Å². The van der Waals surface area contributed by atoms with Gasteiger partial charge in [0.05, 0.1) is 5.69 Å². The number of carbonyl (C=O) groups excluding carboxylic acids is 1. The van der Waals surface area contributed by atoms with Crippen LogP contribution < -0.4 is 16.6 Å². The SMILES string of the molecule is CCc1nc(NC(=O)c2cccc(NN)n2)sc1C. The highest BCUT2D eigenvalue weighted by molar-refractivity contribution is 7.15. The first kappa shape index (κ1) is 13.4. The third-order valence-corrected chi connectivity index (χ3v) is 3.51. The number of nitrogen functional groups attached to an aromatic ring is 1. The van der Waals surface area contributed by atoms with Gasteiger partial charge in [-0.25, -0.2) is 15.8 Å². The van der Waals surface area contributed by atoms with E-state index in [1.54, 1.807) is 18.2 Å². The molecule has 0 saturated carbocycles. The topological polar surface area (TPSA) is 92.9 Å². The Kier molecular flexibility index (Phi) is 4.08. The highest BCUT2D eigenvalue weighted by Crippen LogP contribution is 2.22. The summed E-state index contributed by atoms with van der Waals surface area (Å²) in [6.07, 6.45) is 0.850. The van der Waals surface area contributed by atoms with Gasteiger partial charge in [-0.1, -0.05) is 13.0 Å². The monoisotopic (exact) mass is 277 g/mol. The Labute approximate surface area is 115 Å². The van der Waals surface area contributed by atoms with Crippen LogP contribution in [0.4, 0.5) is 10.9 Å². The molecule has 0 unspecified atom stereocenters. The summed E-state index contributed by atoms with van der Waals surface area (Å²) in [5.74, 6) is 5.40. The average molecular weight is 277 g/mol. The van der Waals surface area contributed by atoms with Crippen molar-refractivity contribution in [1.29, 1.82) is 0 Å². The van der Waals surface area contributed by atoms with Gasteiger partial charge in [-0.3, -0.25) is 10.1 Å². The quantitative estimate of drug-likeness (QED) is 0.586. The number of aromatic nitrogens is 2. The summed E-state index contributed by atoms with van der Waals surface area (Å²) in [6.45, 7) is 4.02. The maximum absolute atomic E-state index is 12.0. The van der Waals surface area contributed by atoms with Gasteiger partial charge in [0.25, 0.3) is 5.91 Å². The Balaban J connectivity index is 2.15. The molecule has 0 radical (unpaired) electrons. The van der Waals surface area contributed by atoms with E-state index < -0.39 is 0 Å². The van der Waals surface area contributed by atoms with Crippen molar-refractivity contribution >= 4 is 28.2 Å². The van der Waals surface area contributed by atoms with Gasteiger partial charge in [0, 0.05) is 4.88 Å². The summed E-state index contributed by atoms with van der Waals surface area (Å²) in [5.41, 5.74) is 3.70. The van der Waals surface area contributed by atoms with Gasteiger partial charge in [-0.2, -0.15) is 0 Å². The number of thiazole rings is 1. The van der Waals surface area contributed by atoms with Crippen molar-refractivity contribution in [1.82, 2.24) is 9.97 Å². The van der Waals surface area contributed by atoms with E-state index in [1.165, 1.54) is 11.3 Å². The molecule has 2 aromatic rings. The molecule has 0 aliphatic carbocycles. The van der Waals surface area contributed by atoms with Gasteiger partial charge in [-0.15, -0.1) is 11.3 Å². The molecule has 6 nitrogen and oxygen atoms in total. The van der Waals surface area contributed by atoms with E-state index in [0.29, 0.717) is 16.6 Å². The minimum absolute atomic E-state index is 0.293. The number of carbonyl (C=O) groups is 1. The maximum atomic E-state index is 12.0. The van der Waals surface area contributed by atoms with Crippen molar-refractivity contribution < 1.29 is 4.79 Å². The highest BCUT2D eigenvalue weighted by Gasteiger charge is 2.12. The molecule has 2 rings (SSSR count).